The summed E-state index contributed by atoms with van der Waals surface area (Å²) in [6, 6.07) is 13.4. The van der Waals surface area contributed by atoms with Gasteiger partial charge in [-0.1, -0.05) is 18.2 Å². The highest BCUT2D eigenvalue weighted by Gasteiger charge is 2.23. The van der Waals surface area contributed by atoms with Crippen LogP contribution in [0.15, 0.2) is 48.7 Å². The number of anilines is 2. The van der Waals surface area contributed by atoms with Gasteiger partial charge in [0.1, 0.15) is 0 Å². The molecule has 0 aliphatic carbocycles. The number of hydrogen-bond acceptors (Lipinski definition) is 2. The summed E-state index contributed by atoms with van der Waals surface area (Å²) >= 11 is 0. The van der Waals surface area contributed by atoms with Crippen molar-refractivity contribution in [3.63, 3.8) is 0 Å². The average Bonchev–Trinajstić information content (AvgIpc) is 3.01. The maximum absolute atomic E-state index is 12.1. The van der Waals surface area contributed by atoms with E-state index in [-0.39, 0.29) is 5.91 Å². The van der Waals surface area contributed by atoms with E-state index in [2.05, 4.69) is 10.3 Å². The average molecular weight is 275 g/mol. The van der Waals surface area contributed by atoms with E-state index in [0.29, 0.717) is 11.3 Å². The fourth-order valence-electron chi connectivity index (χ4n) is 2.72. The minimum absolute atomic E-state index is 0.0746. The number of aromatic amines is 1. The second-order valence-corrected chi connectivity index (χ2v) is 5.11. The molecule has 3 aromatic rings. The predicted octanol–water partition coefficient (Wildman–Crippen LogP) is 3.24. The maximum Gasteiger partial charge on any atom is 0.256 e. The lowest BCUT2D eigenvalue weighted by Gasteiger charge is -1.98. The van der Waals surface area contributed by atoms with Gasteiger partial charge in [-0.15, -0.1) is 0 Å². The van der Waals surface area contributed by atoms with Gasteiger partial charge in [-0.3, -0.25) is 4.79 Å². The van der Waals surface area contributed by atoms with Gasteiger partial charge in [0.2, 0.25) is 0 Å². The lowest BCUT2D eigenvalue weighted by Crippen LogP contribution is -2.03. The van der Waals surface area contributed by atoms with E-state index >= 15 is 0 Å². The SMILES string of the molecule is Nc1ccc2[nH]cc(C=C3C(=O)Nc4ccccc43)c2c1. The second kappa shape index (κ2) is 4.24. The third-order valence-corrected chi connectivity index (χ3v) is 3.75. The Hall–Kier alpha value is -3.01. The molecule has 0 bridgehead atoms. The molecule has 4 rings (SSSR count). The molecule has 1 aromatic heterocycles. The van der Waals surface area contributed by atoms with E-state index in [0.717, 1.165) is 27.7 Å². The summed E-state index contributed by atoms with van der Waals surface area (Å²) in [5.41, 5.74) is 11.0. The summed E-state index contributed by atoms with van der Waals surface area (Å²) in [5, 5.41) is 3.89. The largest absolute Gasteiger partial charge is 0.399 e. The molecular formula is C17H13N3O. The van der Waals surface area contributed by atoms with Crippen molar-refractivity contribution in [2.75, 3.05) is 11.1 Å². The number of H-pyrrole nitrogens is 1. The molecule has 2 heterocycles. The molecule has 2 aromatic carbocycles. The Kier molecular flexibility index (Phi) is 2.38. The number of nitrogen functional groups attached to an aromatic ring is 1. The molecule has 4 heteroatoms. The van der Waals surface area contributed by atoms with Crippen molar-refractivity contribution < 1.29 is 4.79 Å². The van der Waals surface area contributed by atoms with Crippen molar-refractivity contribution in [1.82, 2.24) is 4.98 Å². The second-order valence-electron chi connectivity index (χ2n) is 5.11. The van der Waals surface area contributed by atoms with Crippen molar-refractivity contribution in [2.45, 2.75) is 0 Å². The van der Waals surface area contributed by atoms with Crippen LogP contribution in [-0.4, -0.2) is 10.9 Å². The van der Waals surface area contributed by atoms with E-state index in [9.17, 15) is 4.79 Å². The van der Waals surface area contributed by atoms with Crippen LogP contribution in [0.25, 0.3) is 22.6 Å². The molecule has 102 valence electrons. The highest BCUT2D eigenvalue weighted by Crippen LogP contribution is 2.34. The van der Waals surface area contributed by atoms with Crippen LogP contribution in [0.3, 0.4) is 0 Å². The Morgan fingerprint density at radius 1 is 1.10 bits per heavy atom. The number of para-hydroxylation sites is 1. The number of nitrogens with two attached hydrogens (primary N) is 1. The van der Waals surface area contributed by atoms with Gasteiger partial charge in [-0.2, -0.15) is 0 Å². The molecule has 0 saturated carbocycles. The zero-order valence-corrected chi connectivity index (χ0v) is 11.2. The number of nitrogens with one attached hydrogen (secondary N) is 2. The van der Waals surface area contributed by atoms with Crippen molar-refractivity contribution in [3.8, 4) is 0 Å². The number of aromatic nitrogens is 1. The van der Waals surface area contributed by atoms with E-state index in [1.165, 1.54) is 0 Å². The number of fused-ring (bicyclic) bond motifs is 2. The third kappa shape index (κ3) is 1.80. The van der Waals surface area contributed by atoms with Gasteiger partial charge in [-0.05, 0) is 30.3 Å². The van der Waals surface area contributed by atoms with Crippen LogP contribution in [0.4, 0.5) is 11.4 Å². The van der Waals surface area contributed by atoms with Gasteiger partial charge in [0.05, 0.1) is 0 Å². The van der Waals surface area contributed by atoms with Gasteiger partial charge >= 0.3 is 0 Å². The zero-order chi connectivity index (χ0) is 14.4. The Bertz CT molecular complexity index is 905. The van der Waals surface area contributed by atoms with Crippen LogP contribution in [0.5, 0.6) is 0 Å². The summed E-state index contributed by atoms with van der Waals surface area (Å²) in [6.07, 6.45) is 3.80. The van der Waals surface area contributed by atoms with Crippen molar-refractivity contribution in [3.05, 3.63) is 59.8 Å². The summed E-state index contributed by atoms with van der Waals surface area (Å²) in [5.74, 6) is -0.0746. The lowest BCUT2D eigenvalue weighted by molar-refractivity contribution is -0.110. The first-order valence-electron chi connectivity index (χ1n) is 6.71. The van der Waals surface area contributed by atoms with Crippen molar-refractivity contribution in [2.24, 2.45) is 0 Å². The third-order valence-electron chi connectivity index (χ3n) is 3.75. The van der Waals surface area contributed by atoms with E-state index in [4.69, 9.17) is 5.73 Å². The van der Waals surface area contributed by atoms with Gasteiger partial charge in [-0.25, -0.2) is 0 Å². The smallest absolute Gasteiger partial charge is 0.256 e. The summed E-state index contributed by atoms with van der Waals surface area (Å²) in [7, 11) is 0. The van der Waals surface area contributed by atoms with Crippen LogP contribution in [-0.2, 0) is 4.79 Å². The first-order chi connectivity index (χ1) is 10.2. The molecule has 21 heavy (non-hydrogen) atoms. The molecule has 0 radical (unpaired) electrons. The van der Waals surface area contributed by atoms with E-state index < -0.39 is 0 Å². The van der Waals surface area contributed by atoms with Gasteiger partial charge in [0.15, 0.2) is 0 Å². The standard InChI is InChI=1S/C17H13N3O/c18-11-5-6-15-13(8-11)10(9-19-15)7-14-12-3-1-2-4-16(12)20-17(14)21/h1-9,19H,18H2,(H,20,21). The molecule has 0 unspecified atom stereocenters. The number of carbonyl (C=O) groups is 1. The molecule has 1 aliphatic heterocycles. The molecule has 1 aliphatic rings. The number of rotatable bonds is 1. The minimum atomic E-state index is -0.0746. The molecule has 0 fully saturated rings. The van der Waals surface area contributed by atoms with Crippen LogP contribution in [0.2, 0.25) is 0 Å². The Labute approximate surface area is 121 Å². The Morgan fingerprint density at radius 2 is 1.95 bits per heavy atom. The monoisotopic (exact) mass is 275 g/mol. The number of carbonyl (C=O) groups excluding carboxylic acids is 1. The molecule has 1 amide bonds. The van der Waals surface area contributed by atoms with Gasteiger partial charge < -0.3 is 16.0 Å². The minimum Gasteiger partial charge on any atom is -0.399 e. The molecule has 0 saturated heterocycles. The first kappa shape index (κ1) is 11.8. The van der Waals surface area contributed by atoms with Gasteiger partial charge in [0, 0.05) is 45.2 Å². The van der Waals surface area contributed by atoms with Crippen LogP contribution < -0.4 is 11.1 Å². The highest BCUT2D eigenvalue weighted by molar-refractivity contribution is 6.35. The van der Waals surface area contributed by atoms with E-state index in [1.807, 2.05) is 54.7 Å². The number of hydrogen-bond donors (Lipinski definition) is 3. The lowest BCUT2D eigenvalue weighted by atomic mass is 10.0. The summed E-state index contributed by atoms with van der Waals surface area (Å²) in [4.78, 5) is 15.3. The zero-order valence-electron chi connectivity index (χ0n) is 11.2. The summed E-state index contributed by atoms with van der Waals surface area (Å²) < 4.78 is 0. The fourth-order valence-corrected chi connectivity index (χ4v) is 2.72. The molecule has 0 atom stereocenters. The van der Waals surface area contributed by atoms with Crippen molar-refractivity contribution in [1.29, 1.82) is 0 Å². The van der Waals surface area contributed by atoms with Crippen LogP contribution in [0, 0.1) is 0 Å². The van der Waals surface area contributed by atoms with Crippen LogP contribution >= 0.6 is 0 Å². The maximum atomic E-state index is 12.1. The molecule has 4 nitrogen and oxygen atoms in total. The topological polar surface area (TPSA) is 70.9 Å². The van der Waals surface area contributed by atoms with Gasteiger partial charge in [0.25, 0.3) is 5.91 Å². The first-order valence-corrected chi connectivity index (χ1v) is 6.71. The Morgan fingerprint density at radius 3 is 2.86 bits per heavy atom. The number of amides is 1. The normalized spacial score (nSPS) is 15.4. The quantitative estimate of drug-likeness (QED) is 0.471. The molecule has 4 N–H and O–H groups in total. The molecule has 0 spiro atoms. The van der Waals surface area contributed by atoms with E-state index in [1.54, 1.807) is 0 Å². The molecular weight excluding hydrogens is 262 g/mol. The Balaban J connectivity index is 1.91. The number of benzene rings is 2. The van der Waals surface area contributed by atoms with Crippen LogP contribution in [0.1, 0.15) is 11.1 Å². The predicted molar refractivity (Wildman–Crippen MR) is 85.7 cm³/mol. The van der Waals surface area contributed by atoms with Crippen molar-refractivity contribution >= 4 is 39.8 Å². The fraction of sp³-hybridized carbons (Fsp3) is 0. The summed E-state index contributed by atoms with van der Waals surface area (Å²) in [6.45, 7) is 0. The highest BCUT2D eigenvalue weighted by atomic mass is 16.2.